The number of para-hydroxylation sites is 1. The molecule has 0 aliphatic carbocycles. The van der Waals surface area contributed by atoms with Gasteiger partial charge in [-0.2, -0.15) is 5.06 Å². The number of urea groups is 1. The fourth-order valence-electron chi connectivity index (χ4n) is 1.59. The minimum absolute atomic E-state index is 0.211. The number of carbonyl (C=O) groups excluding carboxylic acids is 1. The van der Waals surface area contributed by atoms with Crippen LogP contribution in [0.4, 0.5) is 10.5 Å². The van der Waals surface area contributed by atoms with Crippen LogP contribution in [-0.2, 0) is 11.3 Å². The van der Waals surface area contributed by atoms with Crippen LogP contribution < -0.4 is 10.4 Å². The van der Waals surface area contributed by atoms with Crippen molar-refractivity contribution in [3.8, 4) is 0 Å². The monoisotopic (exact) mass is 192 g/mol. The first-order valence-electron chi connectivity index (χ1n) is 4.53. The second kappa shape index (κ2) is 3.67. The van der Waals surface area contributed by atoms with Crippen molar-refractivity contribution in [1.29, 1.82) is 0 Å². The van der Waals surface area contributed by atoms with Crippen LogP contribution in [0.1, 0.15) is 5.56 Å². The number of nitrogens with one attached hydrogen (secondary N) is 1. The van der Waals surface area contributed by atoms with Crippen molar-refractivity contribution in [2.24, 2.45) is 0 Å². The molecule has 1 N–H and O–H groups in total. The second-order valence-electron chi connectivity index (χ2n) is 3.09. The number of nitrogens with zero attached hydrogens (tertiary/aromatic N) is 1. The van der Waals surface area contributed by atoms with Gasteiger partial charge in [0.1, 0.15) is 0 Å². The number of rotatable bonds is 1. The number of amides is 2. The molecule has 14 heavy (non-hydrogen) atoms. The molecule has 2 amide bonds. The Labute approximate surface area is 82.4 Å². The van der Waals surface area contributed by atoms with E-state index in [4.69, 9.17) is 4.84 Å². The molecule has 1 aromatic carbocycles. The van der Waals surface area contributed by atoms with E-state index in [9.17, 15) is 4.79 Å². The quantitative estimate of drug-likeness (QED) is 0.729. The van der Waals surface area contributed by atoms with Crippen molar-refractivity contribution < 1.29 is 9.63 Å². The SMILES string of the molecule is CON1C(=O)NCCc2ccccc21. The van der Waals surface area contributed by atoms with Crippen LogP contribution in [-0.4, -0.2) is 19.7 Å². The van der Waals surface area contributed by atoms with Crippen LogP contribution in [0.15, 0.2) is 24.3 Å². The first kappa shape index (κ1) is 9.02. The molecule has 0 saturated carbocycles. The first-order chi connectivity index (χ1) is 6.83. The Morgan fingerprint density at radius 2 is 2.21 bits per heavy atom. The van der Waals surface area contributed by atoms with E-state index < -0.39 is 0 Å². The van der Waals surface area contributed by atoms with Crippen LogP contribution >= 0.6 is 0 Å². The number of fused-ring (bicyclic) bond motifs is 1. The Kier molecular flexibility index (Phi) is 2.37. The number of hydrogen-bond acceptors (Lipinski definition) is 2. The molecule has 4 heteroatoms. The molecule has 0 fully saturated rings. The lowest BCUT2D eigenvalue weighted by molar-refractivity contribution is 0.164. The Bertz CT molecular complexity index is 352. The van der Waals surface area contributed by atoms with E-state index in [2.05, 4.69) is 5.32 Å². The second-order valence-corrected chi connectivity index (χ2v) is 3.09. The van der Waals surface area contributed by atoms with E-state index in [-0.39, 0.29) is 6.03 Å². The van der Waals surface area contributed by atoms with E-state index in [1.165, 1.54) is 12.2 Å². The van der Waals surface area contributed by atoms with E-state index in [1.807, 2.05) is 24.3 Å². The summed E-state index contributed by atoms with van der Waals surface area (Å²) in [6.07, 6.45) is 0.835. The van der Waals surface area contributed by atoms with Gasteiger partial charge in [-0.1, -0.05) is 18.2 Å². The van der Waals surface area contributed by atoms with Crippen molar-refractivity contribution in [3.63, 3.8) is 0 Å². The average molecular weight is 192 g/mol. The molecule has 1 aromatic rings. The van der Waals surface area contributed by atoms with Gasteiger partial charge in [0.05, 0.1) is 12.8 Å². The number of benzene rings is 1. The van der Waals surface area contributed by atoms with Crippen molar-refractivity contribution >= 4 is 11.7 Å². The number of carbonyl (C=O) groups is 1. The standard InChI is InChI=1S/C10H12N2O2/c1-14-12-9-5-3-2-4-8(9)6-7-11-10(12)13/h2-5H,6-7H2,1H3,(H,11,13). The minimum Gasteiger partial charge on any atom is -0.336 e. The molecule has 0 aromatic heterocycles. The molecule has 0 atom stereocenters. The Balaban J connectivity index is 2.44. The van der Waals surface area contributed by atoms with Gasteiger partial charge in [0.2, 0.25) is 0 Å². The summed E-state index contributed by atoms with van der Waals surface area (Å²) in [5.74, 6) is 0. The number of anilines is 1. The van der Waals surface area contributed by atoms with E-state index in [0.29, 0.717) is 6.54 Å². The molecule has 0 spiro atoms. The molecule has 0 bridgehead atoms. The topological polar surface area (TPSA) is 41.6 Å². The van der Waals surface area contributed by atoms with Gasteiger partial charge in [0, 0.05) is 6.54 Å². The summed E-state index contributed by atoms with van der Waals surface area (Å²) in [7, 11) is 1.49. The maximum absolute atomic E-state index is 11.5. The van der Waals surface area contributed by atoms with Gasteiger partial charge < -0.3 is 5.32 Å². The summed E-state index contributed by atoms with van der Waals surface area (Å²) in [6, 6.07) is 7.52. The highest BCUT2D eigenvalue weighted by atomic mass is 16.7. The highest BCUT2D eigenvalue weighted by Gasteiger charge is 2.21. The molecular weight excluding hydrogens is 180 g/mol. The van der Waals surface area contributed by atoms with Crippen LogP contribution in [0.5, 0.6) is 0 Å². The summed E-state index contributed by atoms with van der Waals surface area (Å²) in [5, 5.41) is 4.03. The minimum atomic E-state index is -0.211. The number of hydroxylamine groups is 1. The summed E-state index contributed by atoms with van der Waals surface area (Å²) in [5.41, 5.74) is 1.94. The van der Waals surface area contributed by atoms with Gasteiger partial charge in [-0.3, -0.25) is 4.84 Å². The normalized spacial score (nSPS) is 15.8. The van der Waals surface area contributed by atoms with Crippen LogP contribution in [0.2, 0.25) is 0 Å². The molecule has 1 heterocycles. The molecule has 0 saturated heterocycles. The van der Waals surface area contributed by atoms with Gasteiger partial charge >= 0.3 is 6.03 Å². The first-order valence-corrected chi connectivity index (χ1v) is 4.53. The highest BCUT2D eigenvalue weighted by Crippen LogP contribution is 2.22. The number of hydrogen-bond donors (Lipinski definition) is 1. The fourth-order valence-corrected chi connectivity index (χ4v) is 1.59. The maximum atomic E-state index is 11.5. The summed E-state index contributed by atoms with van der Waals surface area (Å²) in [4.78, 5) is 16.5. The third kappa shape index (κ3) is 1.44. The zero-order chi connectivity index (χ0) is 9.97. The molecule has 4 nitrogen and oxygen atoms in total. The van der Waals surface area contributed by atoms with Crippen molar-refractivity contribution in [2.75, 3.05) is 18.7 Å². The average Bonchev–Trinajstić information content (AvgIpc) is 2.36. The Hall–Kier alpha value is -1.55. The van der Waals surface area contributed by atoms with Crippen molar-refractivity contribution in [3.05, 3.63) is 29.8 Å². The molecule has 2 rings (SSSR count). The largest absolute Gasteiger partial charge is 0.346 e. The lowest BCUT2D eigenvalue weighted by atomic mass is 10.1. The van der Waals surface area contributed by atoms with E-state index in [1.54, 1.807) is 0 Å². The van der Waals surface area contributed by atoms with E-state index in [0.717, 1.165) is 17.7 Å². The van der Waals surface area contributed by atoms with Crippen molar-refractivity contribution in [2.45, 2.75) is 6.42 Å². The van der Waals surface area contributed by atoms with Crippen LogP contribution in [0.3, 0.4) is 0 Å². The maximum Gasteiger partial charge on any atom is 0.346 e. The Morgan fingerprint density at radius 1 is 1.43 bits per heavy atom. The highest BCUT2D eigenvalue weighted by molar-refractivity contribution is 5.91. The molecule has 0 radical (unpaired) electrons. The molecule has 1 aliphatic rings. The van der Waals surface area contributed by atoms with Gasteiger partial charge in [-0.25, -0.2) is 4.79 Å². The molecular formula is C10H12N2O2. The van der Waals surface area contributed by atoms with Gasteiger partial charge in [0.25, 0.3) is 0 Å². The van der Waals surface area contributed by atoms with Crippen LogP contribution in [0, 0.1) is 0 Å². The zero-order valence-electron chi connectivity index (χ0n) is 7.99. The summed E-state index contributed by atoms with van der Waals surface area (Å²) in [6.45, 7) is 0.649. The Morgan fingerprint density at radius 3 is 3.00 bits per heavy atom. The predicted molar refractivity (Wildman–Crippen MR) is 53.0 cm³/mol. The summed E-state index contributed by atoms with van der Waals surface area (Å²) < 4.78 is 0. The zero-order valence-corrected chi connectivity index (χ0v) is 7.99. The van der Waals surface area contributed by atoms with E-state index >= 15 is 0 Å². The van der Waals surface area contributed by atoms with Crippen LogP contribution in [0.25, 0.3) is 0 Å². The molecule has 74 valence electrons. The van der Waals surface area contributed by atoms with Gasteiger partial charge in [0.15, 0.2) is 0 Å². The third-order valence-corrected chi connectivity index (χ3v) is 2.25. The molecule has 1 aliphatic heterocycles. The lowest BCUT2D eigenvalue weighted by Crippen LogP contribution is -2.38. The lowest BCUT2D eigenvalue weighted by Gasteiger charge is -2.18. The third-order valence-electron chi connectivity index (χ3n) is 2.25. The smallest absolute Gasteiger partial charge is 0.336 e. The van der Waals surface area contributed by atoms with Gasteiger partial charge in [-0.15, -0.1) is 0 Å². The molecule has 0 unspecified atom stereocenters. The van der Waals surface area contributed by atoms with Crippen molar-refractivity contribution in [1.82, 2.24) is 5.32 Å². The summed E-state index contributed by atoms with van der Waals surface area (Å²) >= 11 is 0. The van der Waals surface area contributed by atoms with Gasteiger partial charge in [-0.05, 0) is 18.1 Å². The fraction of sp³-hybridized carbons (Fsp3) is 0.300. The predicted octanol–water partition coefficient (Wildman–Crippen LogP) is 1.32.